The summed E-state index contributed by atoms with van der Waals surface area (Å²) in [4.78, 5) is 17.3. The van der Waals surface area contributed by atoms with Crippen LogP contribution in [0.5, 0.6) is 0 Å². The molecular weight excluding hydrogens is 296 g/mol. The molecule has 1 heterocycles. The number of aliphatic hydroxyl groups is 1. The SMILES string of the molecule is CC(Cc1cccnc1)NC(=O)c1ccc(SCCO)cc1. The summed E-state index contributed by atoms with van der Waals surface area (Å²) < 4.78 is 0. The third-order valence-corrected chi connectivity index (χ3v) is 4.11. The highest BCUT2D eigenvalue weighted by atomic mass is 32.2. The molecule has 2 N–H and O–H groups in total. The summed E-state index contributed by atoms with van der Waals surface area (Å²) in [6.07, 6.45) is 4.31. The Kier molecular flexibility index (Phi) is 6.43. The second-order valence-electron chi connectivity index (χ2n) is 5.04. The Morgan fingerprint density at radius 1 is 1.32 bits per heavy atom. The summed E-state index contributed by atoms with van der Waals surface area (Å²) in [6.45, 7) is 2.13. The van der Waals surface area contributed by atoms with E-state index in [-0.39, 0.29) is 18.6 Å². The van der Waals surface area contributed by atoms with Gasteiger partial charge in [0.05, 0.1) is 6.61 Å². The molecule has 2 aromatic rings. The lowest BCUT2D eigenvalue weighted by atomic mass is 10.1. The summed E-state index contributed by atoms with van der Waals surface area (Å²) in [5.74, 6) is 0.586. The maximum atomic E-state index is 12.2. The number of aliphatic hydroxyl groups excluding tert-OH is 1. The summed E-state index contributed by atoms with van der Waals surface area (Å²) >= 11 is 1.57. The van der Waals surface area contributed by atoms with Crippen molar-refractivity contribution in [3.05, 3.63) is 59.9 Å². The van der Waals surface area contributed by atoms with Crippen molar-refractivity contribution < 1.29 is 9.90 Å². The summed E-state index contributed by atoms with van der Waals surface area (Å²) in [5, 5.41) is 11.8. The van der Waals surface area contributed by atoms with E-state index in [0.29, 0.717) is 11.3 Å². The predicted molar refractivity (Wildman–Crippen MR) is 89.1 cm³/mol. The van der Waals surface area contributed by atoms with Gasteiger partial charge in [-0.25, -0.2) is 0 Å². The lowest BCUT2D eigenvalue weighted by Gasteiger charge is -2.14. The molecule has 5 heteroatoms. The number of hydrogen-bond donors (Lipinski definition) is 2. The van der Waals surface area contributed by atoms with Gasteiger partial charge in [0.15, 0.2) is 0 Å². The van der Waals surface area contributed by atoms with Crippen LogP contribution >= 0.6 is 11.8 Å². The number of hydrogen-bond acceptors (Lipinski definition) is 4. The lowest BCUT2D eigenvalue weighted by Crippen LogP contribution is -2.34. The number of pyridine rings is 1. The van der Waals surface area contributed by atoms with Crippen LogP contribution in [0.4, 0.5) is 0 Å². The van der Waals surface area contributed by atoms with Crippen LogP contribution in [0.2, 0.25) is 0 Å². The van der Waals surface area contributed by atoms with Crippen LogP contribution in [0.1, 0.15) is 22.8 Å². The molecule has 0 radical (unpaired) electrons. The molecule has 1 atom stereocenters. The van der Waals surface area contributed by atoms with Crippen molar-refractivity contribution in [2.75, 3.05) is 12.4 Å². The quantitative estimate of drug-likeness (QED) is 0.771. The molecule has 0 spiro atoms. The molecule has 0 saturated carbocycles. The molecule has 0 fully saturated rings. The first-order valence-corrected chi connectivity index (χ1v) is 8.21. The Labute approximate surface area is 135 Å². The van der Waals surface area contributed by atoms with E-state index in [9.17, 15) is 4.79 Å². The Morgan fingerprint density at radius 3 is 2.73 bits per heavy atom. The number of thioether (sulfide) groups is 1. The number of carbonyl (C=O) groups is 1. The standard InChI is InChI=1S/C17H20N2O2S/c1-13(11-14-3-2-8-18-12-14)19-17(21)15-4-6-16(7-5-15)22-10-9-20/h2-8,12-13,20H,9-11H2,1H3,(H,19,21). The number of rotatable bonds is 7. The highest BCUT2D eigenvalue weighted by Gasteiger charge is 2.10. The average molecular weight is 316 g/mol. The maximum absolute atomic E-state index is 12.2. The number of benzene rings is 1. The molecule has 0 aliphatic heterocycles. The fourth-order valence-electron chi connectivity index (χ4n) is 2.10. The van der Waals surface area contributed by atoms with Crippen molar-refractivity contribution in [3.63, 3.8) is 0 Å². The maximum Gasteiger partial charge on any atom is 0.251 e. The van der Waals surface area contributed by atoms with Gasteiger partial charge in [-0.3, -0.25) is 9.78 Å². The molecule has 116 valence electrons. The second kappa shape index (κ2) is 8.56. The van der Waals surface area contributed by atoms with E-state index in [1.807, 2.05) is 49.5 Å². The second-order valence-corrected chi connectivity index (χ2v) is 6.20. The molecule has 0 aliphatic rings. The van der Waals surface area contributed by atoms with Crippen LogP contribution in [-0.2, 0) is 6.42 Å². The molecule has 2 rings (SSSR count). The van der Waals surface area contributed by atoms with Gasteiger partial charge in [-0.1, -0.05) is 6.07 Å². The first-order valence-electron chi connectivity index (χ1n) is 7.22. The highest BCUT2D eigenvalue weighted by Crippen LogP contribution is 2.17. The summed E-state index contributed by atoms with van der Waals surface area (Å²) in [7, 11) is 0. The molecule has 0 saturated heterocycles. The Morgan fingerprint density at radius 2 is 2.09 bits per heavy atom. The zero-order valence-electron chi connectivity index (χ0n) is 12.5. The van der Waals surface area contributed by atoms with Gasteiger partial charge >= 0.3 is 0 Å². The Hall–Kier alpha value is -1.85. The molecule has 1 amide bonds. The highest BCUT2D eigenvalue weighted by molar-refractivity contribution is 7.99. The number of aromatic nitrogens is 1. The van der Waals surface area contributed by atoms with E-state index in [2.05, 4.69) is 10.3 Å². The van der Waals surface area contributed by atoms with Crippen LogP contribution in [0, 0.1) is 0 Å². The lowest BCUT2D eigenvalue weighted by molar-refractivity contribution is 0.0940. The van der Waals surface area contributed by atoms with E-state index in [0.717, 1.165) is 16.9 Å². The monoisotopic (exact) mass is 316 g/mol. The first-order chi connectivity index (χ1) is 10.7. The van der Waals surface area contributed by atoms with E-state index in [4.69, 9.17) is 5.11 Å². The van der Waals surface area contributed by atoms with Gasteiger partial charge in [0, 0.05) is 34.6 Å². The van der Waals surface area contributed by atoms with Crippen molar-refractivity contribution in [1.29, 1.82) is 0 Å². The molecule has 1 unspecified atom stereocenters. The third kappa shape index (κ3) is 5.16. The van der Waals surface area contributed by atoms with Crippen molar-refractivity contribution >= 4 is 17.7 Å². The van der Waals surface area contributed by atoms with Gasteiger partial charge in [-0.05, 0) is 49.2 Å². The summed E-state index contributed by atoms with van der Waals surface area (Å²) in [6, 6.07) is 11.4. The fourth-order valence-corrected chi connectivity index (χ4v) is 2.75. The Bertz CT molecular complexity index is 587. The van der Waals surface area contributed by atoms with E-state index in [1.165, 1.54) is 0 Å². The van der Waals surface area contributed by atoms with Crippen molar-refractivity contribution in [3.8, 4) is 0 Å². The van der Waals surface area contributed by atoms with Crippen LogP contribution in [0.15, 0.2) is 53.7 Å². The molecule has 22 heavy (non-hydrogen) atoms. The minimum atomic E-state index is -0.0740. The van der Waals surface area contributed by atoms with Gasteiger partial charge in [-0.15, -0.1) is 11.8 Å². The van der Waals surface area contributed by atoms with Gasteiger partial charge in [0.25, 0.3) is 5.91 Å². The summed E-state index contributed by atoms with van der Waals surface area (Å²) in [5.41, 5.74) is 1.75. The molecule has 0 bridgehead atoms. The molecule has 4 nitrogen and oxygen atoms in total. The van der Waals surface area contributed by atoms with Crippen molar-refractivity contribution in [2.45, 2.75) is 24.3 Å². The Balaban J connectivity index is 1.88. The van der Waals surface area contributed by atoms with Gasteiger partial charge < -0.3 is 10.4 Å². The fraction of sp³-hybridized carbons (Fsp3) is 0.294. The molecule has 1 aromatic carbocycles. The normalized spacial score (nSPS) is 11.9. The minimum absolute atomic E-state index is 0.0418. The van der Waals surface area contributed by atoms with Gasteiger partial charge in [-0.2, -0.15) is 0 Å². The van der Waals surface area contributed by atoms with Gasteiger partial charge in [0.1, 0.15) is 0 Å². The zero-order chi connectivity index (χ0) is 15.8. The van der Waals surface area contributed by atoms with E-state index < -0.39 is 0 Å². The smallest absolute Gasteiger partial charge is 0.251 e. The van der Waals surface area contributed by atoms with Gasteiger partial charge in [0.2, 0.25) is 0 Å². The van der Waals surface area contributed by atoms with Crippen LogP contribution in [-0.4, -0.2) is 34.4 Å². The first kappa shape index (κ1) is 16.5. The minimum Gasteiger partial charge on any atom is -0.396 e. The van der Waals surface area contributed by atoms with Crippen molar-refractivity contribution in [1.82, 2.24) is 10.3 Å². The van der Waals surface area contributed by atoms with Crippen LogP contribution < -0.4 is 5.32 Å². The zero-order valence-corrected chi connectivity index (χ0v) is 13.3. The number of amides is 1. The topological polar surface area (TPSA) is 62.2 Å². The largest absolute Gasteiger partial charge is 0.396 e. The number of carbonyl (C=O) groups excluding carboxylic acids is 1. The molecule has 1 aromatic heterocycles. The third-order valence-electron chi connectivity index (χ3n) is 3.12. The van der Waals surface area contributed by atoms with Crippen LogP contribution in [0.25, 0.3) is 0 Å². The number of nitrogens with zero attached hydrogens (tertiary/aromatic N) is 1. The van der Waals surface area contributed by atoms with Crippen molar-refractivity contribution in [2.24, 2.45) is 0 Å². The van der Waals surface area contributed by atoms with E-state index in [1.54, 1.807) is 18.0 Å². The average Bonchev–Trinajstić information content (AvgIpc) is 2.54. The number of nitrogens with one attached hydrogen (secondary N) is 1. The predicted octanol–water partition coefficient (Wildman–Crippen LogP) is 2.53. The van der Waals surface area contributed by atoms with Crippen LogP contribution in [0.3, 0.4) is 0 Å². The van der Waals surface area contributed by atoms with E-state index >= 15 is 0 Å². The molecular formula is C17H20N2O2S. The molecule has 0 aliphatic carbocycles.